The van der Waals surface area contributed by atoms with Crippen LogP contribution in [0.25, 0.3) is 0 Å². The maximum Gasteiger partial charge on any atom is 0.246 e. The molecule has 1 unspecified atom stereocenters. The summed E-state index contributed by atoms with van der Waals surface area (Å²) in [5, 5.41) is 14.9. The van der Waals surface area contributed by atoms with Crippen molar-refractivity contribution in [3.63, 3.8) is 0 Å². The Kier molecular flexibility index (Phi) is 5.21. The minimum Gasteiger partial charge on any atom is -0.373 e. The lowest BCUT2D eigenvalue weighted by Crippen LogP contribution is -2.28. The van der Waals surface area contributed by atoms with Crippen molar-refractivity contribution in [3.8, 4) is 6.07 Å². The molecular formula is C15H19BrN4O. The van der Waals surface area contributed by atoms with Crippen molar-refractivity contribution < 1.29 is 4.79 Å². The summed E-state index contributed by atoms with van der Waals surface area (Å²) in [7, 11) is 1.94. The topological polar surface area (TPSA) is 68.2 Å². The van der Waals surface area contributed by atoms with Crippen LogP contribution in [0, 0.1) is 11.3 Å². The highest BCUT2D eigenvalue weighted by atomic mass is 79.9. The largest absolute Gasteiger partial charge is 0.373 e. The average molecular weight is 351 g/mol. The molecule has 0 aliphatic carbocycles. The molecular weight excluding hydrogens is 332 g/mol. The van der Waals surface area contributed by atoms with Gasteiger partial charge in [-0.3, -0.25) is 4.79 Å². The standard InChI is InChI=1S/C15H19BrN4O/c1-3-6-18-14-10-8-11(16)13(20(2)7-4-5-17)9-12(10)19-15(14)21/h8-9,14,18H,3-4,6-7H2,1-2H3,(H,19,21). The Morgan fingerprint density at radius 1 is 1.52 bits per heavy atom. The lowest BCUT2D eigenvalue weighted by atomic mass is 10.1. The van der Waals surface area contributed by atoms with Crippen LogP contribution in [0.2, 0.25) is 0 Å². The van der Waals surface area contributed by atoms with Crippen LogP contribution < -0.4 is 15.5 Å². The number of fused-ring (bicyclic) bond motifs is 1. The monoisotopic (exact) mass is 350 g/mol. The second kappa shape index (κ2) is 6.92. The van der Waals surface area contributed by atoms with Gasteiger partial charge in [0.1, 0.15) is 6.04 Å². The van der Waals surface area contributed by atoms with E-state index in [4.69, 9.17) is 5.26 Å². The first-order chi connectivity index (χ1) is 10.1. The average Bonchev–Trinajstić information content (AvgIpc) is 2.76. The van der Waals surface area contributed by atoms with Gasteiger partial charge in [0.15, 0.2) is 0 Å². The number of carbonyl (C=O) groups excluding carboxylic acids is 1. The third-order valence-electron chi connectivity index (χ3n) is 3.52. The fourth-order valence-electron chi connectivity index (χ4n) is 2.39. The van der Waals surface area contributed by atoms with Gasteiger partial charge in [0.2, 0.25) is 5.91 Å². The number of nitrogens with one attached hydrogen (secondary N) is 2. The molecule has 5 nitrogen and oxygen atoms in total. The molecule has 1 aliphatic rings. The SMILES string of the molecule is CCCNC1C(=O)Nc2cc(N(C)CCC#N)c(Br)cc21. The molecule has 0 spiro atoms. The van der Waals surface area contributed by atoms with Crippen molar-refractivity contribution in [2.45, 2.75) is 25.8 Å². The summed E-state index contributed by atoms with van der Waals surface area (Å²) < 4.78 is 0.932. The van der Waals surface area contributed by atoms with Gasteiger partial charge in [-0.05, 0) is 41.0 Å². The van der Waals surface area contributed by atoms with Gasteiger partial charge in [-0.25, -0.2) is 0 Å². The van der Waals surface area contributed by atoms with Crippen molar-refractivity contribution >= 4 is 33.2 Å². The Hall–Kier alpha value is -1.58. The summed E-state index contributed by atoms with van der Waals surface area (Å²) in [5.74, 6) is -0.0119. The molecule has 1 amide bonds. The number of nitriles is 1. The van der Waals surface area contributed by atoms with Crippen LogP contribution in [0.15, 0.2) is 16.6 Å². The van der Waals surface area contributed by atoms with Gasteiger partial charge in [0.25, 0.3) is 0 Å². The summed E-state index contributed by atoms with van der Waals surface area (Å²) in [4.78, 5) is 14.1. The highest BCUT2D eigenvalue weighted by Gasteiger charge is 2.31. The predicted octanol–water partition coefficient (Wildman–Crippen LogP) is 2.79. The molecule has 0 radical (unpaired) electrons. The second-order valence-corrected chi connectivity index (χ2v) is 5.95. The molecule has 6 heteroatoms. The Balaban J connectivity index is 2.26. The minimum absolute atomic E-state index is 0.0119. The molecule has 1 aromatic rings. The van der Waals surface area contributed by atoms with Crippen LogP contribution in [0.5, 0.6) is 0 Å². The van der Waals surface area contributed by atoms with Crippen molar-refractivity contribution in [2.24, 2.45) is 0 Å². The molecule has 2 rings (SSSR count). The lowest BCUT2D eigenvalue weighted by molar-refractivity contribution is -0.117. The van der Waals surface area contributed by atoms with E-state index in [1.165, 1.54) is 0 Å². The van der Waals surface area contributed by atoms with E-state index in [1.807, 2.05) is 24.1 Å². The molecule has 21 heavy (non-hydrogen) atoms. The number of hydrogen-bond acceptors (Lipinski definition) is 4. The van der Waals surface area contributed by atoms with Crippen molar-refractivity contribution in [1.82, 2.24) is 5.32 Å². The maximum absolute atomic E-state index is 12.1. The van der Waals surface area contributed by atoms with E-state index in [1.54, 1.807) is 0 Å². The van der Waals surface area contributed by atoms with Crippen LogP contribution in [-0.4, -0.2) is 26.0 Å². The number of benzene rings is 1. The van der Waals surface area contributed by atoms with E-state index < -0.39 is 0 Å². The van der Waals surface area contributed by atoms with Gasteiger partial charge in [0, 0.05) is 29.3 Å². The van der Waals surface area contributed by atoms with E-state index in [9.17, 15) is 4.79 Å². The van der Waals surface area contributed by atoms with E-state index >= 15 is 0 Å². The normalized spacial score (nSPS) is 16.3. The first kappa shape index (κ1) is 15.8. The summed E-state index contributed by atoms with van der Waals surface area (Å²) in [6.07, 6.45) is 1.45. The first-order valence-electron chi connectivity index (χ1n) is 7.04. The molecule has 0 bridgehead atoms. The number of carbonyl (C=O) groups is 1. The lowest BCUT2D eigenvalue weighted by Gasteiger charge is -2.21. The second-order valence-electron chi connectivity index (χ2n) is 5.10. The highest BCUT2D eigenvalue weighted by Crippen LogP contribution is 2.38. The van der Waals surface area contributed by atoms with Crippen LogP contribution in [-0.2, 0) is 4.79 Å². The number of nitrogens with zero attached hydrogens (tertiary/aromatic N) is 2. The summed E-state index contributed by atoms with van der Waals surface area (Å²) >= 11 is 3.57. The van der Waals surface area contributed by atoms with Crippen molar-refractivity contribution in [1.29, 1.82) is 5.26 Å². The fourth-order valence-corrected chi connectivity index (χ4v) is 3.06. The summed E-state index contributed by atoms with van der Waals surface area (Å²) in [5.41, 5.74) is 2.79. The van der Waals surface area contributed by atoms with Gasteiger partial charge >= 0.3 is 0 Å². The van der Waals surface area contributed by atoms with Gasteiger partial charge in [0.05, 0.1) is 18.2 Å². The molecule has 1 heterocycles. The van der Waals surface area contributed by atoms with Crippen molar-refractivity contribution in [2.75, 3.05) is 30.4 Å². The van der Waals surface area contributed by atoms with Gasteiger partial charge in [-0.15, -0.1) is 0 Å². The number of anilines is 2. The van der Waals surface area contributed by atoms with Gasteiger partial charge in [-0.1, -0.05) is 6.92 Å². The van der Waals surface area contributed by atoms with Crippen LogP contribution >= 0.6 is 15.9 Å². The van der Waals surface area contributed by atoms with Gasteiger partial charge in [-0.2, -0.15) is 5.26 Å². The summed E-state index contributed by atoms with van der Waals surface area (Å²) in [6, 6.07) is 5.80. The van der Waals surface area contributed by atoms with E-state index in [0.29, 0.717) is 13.0 Å². The zero-order chi connectivity index (χ0) is 15.4. The zero-order valence-electron chi connectivity index (χ0n) is 12.2. The predicted molar refractivity (Wildman–Crippen MR) is 87.3 cm³/mol. The Labute approximate surface area is 133 Å². The quantitative estimate of drug-likeness (QED) is 0.827. The Morgan fingerprint density at radius 3 is 2.95 bits per heavy atom. The van der Waals surface area contributed by atoms with Gasteiger partial charge < -0.3 is 15.5 Å². The maximum atomic E-state index is 12.1. The zero-order valence-corrected chi connectivity index (χ0v) is 13.8. The van der Waals surface area contributed by atoms with Crippen molar-refractivity contribution in [3.05, 3.63) is 22.2 Å². The molecule has 0 saturated carbocycles. The molecule has 1 aromatic carbocycles. The molecule has 112 valence electrons. The van der Waals surface area contributed by atoms with Crippen LogP contribution in [0.3, 0.4) is 0 Å². The van der Waals surface area contributed by atoms with E-state index in [2.05, 4.69) is 39.6 Å². The molecule has 0 fully saturated rings. The molecule has 1 atom stereocenters. The third-order valence-corrected chi connectivity index (χ3v) is 4.15. The van der Waals surface area contributed by atoms with Crippen LogP contribution in [0.1, 0.15) is 31.4 Å². The van der Waals surface area contributed by atoms with E-state index in [0.717, 1.165) is 34.4 Å². The van der Waals surface area contributed by atoms with E-state index in [-0.39, 0.29) is 11.9 Å². The smallest absolute Gasteiger partial charge is 0.246 e. The number of hydrogen-bond donors (Lipinski definition) is 2. The molecule has 0 saturated heterocycles. The highest BCUT2D eigenvalue weighted by molar-refractivity contribution is 9.10. The molecule has 1 aliphatic heterocycles. The Bertz CT molecular complexity index is 582. The number of amides is 1. The first-order valence-corrected chi connectivity index (χ1v) is 7.83. The number of rotatable bonds is 6. The molecule has 0 aromatic heterocycles. The number of halogens is 1. The minimum atomic E-state index is -0.283. The van der Waals surface area contributed by atoms with Crippen LogP contribution in [0.4, 0.5) is 11.4 Å². The summed E-state index contributed by atoms with van der Waals surface area (Å²) in [6.45, 7) is 3.53. The fraction of sp³-hybridized carbons (Fsp3) is 0.467. The third kappa shape index (κ3) is 3.36. The molecule has 2 N–H and O–H groups in total. The Morgan fingerprint density at radius 2 is 2.29 bits per heavy atom.